The van der Waals surface area contributed by atoms with Gasteiger partial charge in [0.2, 0.25) is 0 Å². The van der Waals surface area contributed by atoms with E-state index in [4.69, 9.17) is 47.4 Å². The number of ether oxygens (including phenoxy) is 10. The molecule has 0 aliphatic carbocycles. The molecule has 0 fully saturated rings. The highest BCUT2D eigenvalue weighted by atomic mass is 16.6. The average molecular weight is 1130 g/mol. The molecule has 4 heterocycles. The van der Waals surface area contributed by atoms with Crippen molar-refractivity contribution in [1.29, 1.82) is 0 Å². The molecule has 4 aromatic heterocycles. The summed E-state index contributed by atoms with van der Waals surface area (Å²) in [6, 6.07) is 0. The monoisotopic (exact) mass is 1130 g/mol. The van der Waals surface area contributed by atoms with E-state index in [1.165, 1.54) is 57.4 Å². The Morgan fingerprint density at radius 3 is 0.725 bits per heavy atom. The summed E-state index contributed by atoms with van der Waals surface area (Å²) >= 11 is 0. The first-order chi connectivity index (χ1) is 37.4. The lowest BCUT2D eigenvalue weighted by Crippen LogP contribution is -2.49. The smallest absolute Gasteiger partial charge is 0.356 e. The lowest BCUT2D eigenvalue weighted by Gasteiger charge is -2.28. The minimum atomic E-state index is -1.92. The molecule has 446 valence electrons. The highest BCUT2D eigenvalue weighted by molar-refractivity contribution is 5.79. The van der Waals surface area contributed by atoms with Gasteiger partial charge in [-0.1, -0.05) is 20.9 Å². The number of hydrogen-bond donors (Lipinski definition) is 0. The predicted octanol–water partition coefficient (Wildman–Crippen LogP) is 3.44. The molecule has 0 saturated heterocycles. The maximum atomic E-state index is 14.4. The second-order valence-electron chi connectivity index (χ2n) is 22.7. The van der Waals surface area contributed by atoms with E-state index in [0.29, 0.717) is 22.8 Å². The number of aromatic nitrogens is 12. The number of carbonyl (C=O) groups is 6. The van der Waals surface area contributed by atoms with Crippen LogP contribution in [0.1, 0.15) is 145 Å². The van der Waals surface area contributed by atoms with Crippen LogP contribution in [0.2, 0.25) is 0 Å². The normalized spacial score (nSPS) is 12.5. The van der Waals surface area contributed by atoms with Crippen molar-refractivity contribution in [2.45, 2.75) is 182 Å². The van der Waals surface area contributed by atoms with Gasteiger partial charge in [-0.15, -0.1) is 20.4 Å². The number of aryl methyl sites for hydroxylation is 4. The lowest BCUT2D eigenvalue weighted by molar-refractivity contribution is -0.166. The lowest BCUT2D eigenvalue weighted by atomic mass is 10.2. The molecule has 28 nitrogen and oxygen atoms in total. The quantitative estimate of drug-likeness (QED) is 0.0375. The molecule has 80 heavy (non-hydrogen) atoms. The Morgan fingerprint density at radius 2 is 0.525 bits per heavy atom. The zero-order valence-corrected chi connectivity index (χ0v) is 48.9. The van der Waals surface area contributed by atoms with Gasteiger partial charge >= 0.3 is 35.8 Å². The van der Waals surface area contributed by atoms with Gasteiger partial charge in [0, 0.05) is 25.7 Å². The van der Waals surface area contributed by atoms with E-state index in [1.54, 1.807) is 0 Å². The van der Waals surface area contributed by atoms with Gasteiger partial charge in [0.15, 0.2) is 0 Å². The summed E-state index contributed by atoms with van der Waals surface area (Å²) in [4.78, 5) is 79.0. The first-order valence-corrected chi connectivity index (χ1v) is 26.6. The minimum Gasteiger partial charge on any atom is -0.463 e. The van der Waals surface area contributed by atoms with Crippen LogP contribution in [0.25, 0.3) is 0 Å². The molecule has 0 amide bonds. The molecule has 0 atom stereocenters. The second kappa shape index (κ2) is 29.6. The van der Waals surface area contributed by atoms with E-state index in [1.807, 2.05) is 83.1 Å². The Balaban J connectivity index is 1.50. The van der Waals surface area contributed by atoms with Gasteiger partial charge < -0.3 is 47.4 Å². The number of nitrogens with zero attached hydrogens (tertiary/aromatic N) is 12. The van der Waals surface area contributed by atoms with Crippen molar-refractivity contribution >= 4 is 35.8 Å². The van der Waals surface area contributed by atoms with Crippen LogP contribution in [0, 0.1) is 0 Å². The van der Waals surface area contributed by atoms with Crippen molar-refractivity contribution in [1.82, 2.24) is 60.0 Å². The fourth-order valence-corrected chi connectivity index (χ4v) is 6.85. The van der Waals surface area contributed by atoms with Crippen LogP contribution in [0.4, 0.5) is 0 Å². The predicted molar refractivity (Wildman–Crippen MR) is 280 cm³/mol. The number of hydrogen-bond acceptors (Lipinski definition) is 24. The zero-order valence-electron chi connectivity index (χ0n) is 48.9. The third-order valence-electron chi connectivity index (χ3n) is 11.1. The third kappa shape index (κ3) is 22.8. The molecule has 4 aromatic rings. The average Bonchev–Trinajstić information content (AvgIpc) is 4.23. The van der Waals surface area contributed by atoms with Gasteiger partial charge in [0.05, 0.1) is 122 Å². The van der Waals surface area contributed by atoms with Crippen molar-refractivity contribution < 1.29 is 76.1 Å². The number of carbonyl (C=O) groups excluding carboxylic acids is 6. The topological polar surface area (TPSA) is 318 Å². The number of esters is 6. The van der Waals surface area contributed by atoms with Gasteiger partial charge in [0.25, 0.3) is 11.3 Å². The summed E-state index contributed by atoms with van der Waals surface area (Å²) in [5.74, 6) is -3.86. The highest BCUT2D eigenvalue weighted by Gasteiger charge is 2.44. The molecule has 0 aliphatic rings. The van der Waals surface area contributed by atoms with E-state index in [9.17, 15) is 28.8 Å². The van der Waals surface area contributed by atoms with E-state index in [-0.39, 0.29) is 104 Å². The Bertz CT molecular complexity index is 2290. The van der Waals surface area contributed by atoms with E-state index < -0.39 is 82.8 Å². The first kappa shape index (κ1) is 65.7. The van der Waals surface area contributed by atoms with E-state index in [2.05, 4.69) is 41.2 Å². The summed E-state index contributed by atoms with van der Waals surface area (Å²) in [6.07, 6.45) is 5.97. The summed E-state index contributed by atoms with van der Waals surface area (Å²) < 4.78 is 59.9. The highest BCUT2D eigenvalue weighted by Crippen LogP contribution is 2.24. The SMILES string of the molecule is CC(C)(C)OCCOC(=O)CCc1cn(C(C)(C(=O)OCCOC(=O)C(C)(n2cc(CCC(=O)OCCOC(C)(C)C)nn2)n2cc(CCC(=O)OCCOC(C)(C)C)nn2)n2cc(CCC(=O)OCCOC(C)(C)C)nn2)nn1. The van der Waals surface area contributed by atoms with Crippen LogP contribution in [0.5, 0.6) is 0 Å². The Hall–Kier alpha value is -6.78. The molecule has 0 bridgehead atoms. The molecule has 0 unspecified atom stereocenters. The van der Waals surface area contributed by atoms with Crippen LogP contribution in [-0.2, 0) is 113 Å². The van der Waals surface area contributed by atoms with Gasteiger partial charge in [0.1, 0.15) is 39.6 Å². The second-order valence-corrected chi connectivity index (χ2v) is 22.7. The summed E-state index contributed by atoms with van der Waals surface area (Å²) in [5.41, 5.74) is -4.12. The van der Waals surface area contributed by atoms with Crippen LogP contribution >= 0.6 is 0 Å². The van der Waals surface area contributed by atoms with E-state index >= 15 is 0 Å². The maximum Gasteiger partial charge on any atom is 0.356 e. The molecule has 0 spiro atoms. The Morgan fingerprint density at radius 1 is 0.325 bits per heavy atom. The summed E-state index contributed by atoms with van der Waals surface area (Å²) in [5, 5.41) is 33.6. The van der Waals surface area contributed by atoms with E-state index in [0.717, 1.165) is 0 Å². The largest absolute Gasteiger partial charge is 0.463 e. The van der Waals surface area contributed by atoms with Gasteiger partial charge in [-0.05, 0) is 96.9 Å². The van der Waals surface area contributed by atoms with Gasteiger partial charge in [-0.25, -0.2) is 28.3 Å². The molecule has 0 aromatic carbocycles. The molecule has 0 saturated carbocycles. The van der Waals surface area contributed by atoms with Crippen molar-refractivity contribution in [2.75, 3.05) is 66.1 Å². The van der Waals surface area contributed by atoms with Crippen molar-refractivity contribution in [2.24, 2.45) is 0 Å². The van der Waals surface area contributed by atoms with Crippen molar-refractivity contribution in [3.8, 4) is 0 Å². The van der Waals surface area contributed by atoms with Crippen LogP contribution in [-0.4, -0.2) is 184 Å². The molecular weight excluding hydrogens is 1050 g/mol. The Kier molecular flexibility index (Phi) is 24.3. The maximum absolute atomic E-state index is 14.4. The van der Waals surface area contributed by atoms with Crippen LogP contribution < -0.4 is 0 Å². The summed E-state index contributed by atoms with van der Waals surface area (Å²) in [6.45, 7) is 25.7. The van der Waals surface area contributed by atoms with Gasteiger partial charge in [-0.2, -0.15) is 0 Å². The Labute approximate surface area is 466 Å². The molecule has 4 rings (SSSR count). The molecular formula is C52H82N12O16. The zero-order chi connectivity index (χ0) is 59.4. The summed E-state index contributed by atoms with van der Waals surface area (Å²) in [7, 11) is 0. The van der Waals surface area contributed by atoms with Crippen LogP contribution in [0.3, 0.4) is 0 Å². The van der Waals surface area contributed by atoms with Gasteiger partial charge in [-0.3, -0.25) is 19.2 Å². The fourth-order valence-electron chi connectivity index (χ4n) is 6.85. The van der Waals surface area contributed by atoms with Crippen LogP contribution in [0.15, 0.2) is 24.8 Å². The molecule has 0 radical (unpaired) electrons. The first-order valence-electron chi connectivity index (χ1n) is 26.6. The standard InChI is InChI=1S/C52H82N12O16/c1-47(2,3)77-29-25-71-41(65)19-15-37-33-61(57-53-37)51(13,62-34-38(54-58-62)16-20-42(66)72-26-30-78-48(4,5)6)45(69)75-23-24-76-46(70)52(14,63-35-39(55-59-63)17-21-43(67)73-27-31-79-49(7,8)9)64-36-40(56-60-64)18-22-44(68)74-28-32-80-50(10,11)12/h33-36H,15-32H2,1-14H3. The van der Waals surface area contributed by atoms with Crippen molar-refractivity contribution in [3.05, 3.63) is 47.6 Å². The molecule has 28 heteroatoms. The van der Waals surface area contributed by atoms with Crippen molar-refractivity contribution in [3.63, 3.8) is 0 Å². The minimum absolute atomic E-state index is 0.0525. The molecule has 0 N–H and O–H groups in total. The third-order valence-corrected chi connectivity index (χ3v) is 11.1. The molecule has 0 aliphatic heterocycles. The fraction of sp³-hybridized carbons (Fsp3) is 0.731. The number of rotatable bonds is 33.